The third-order valence-corrected chi connectivity index (χ3v) is 4.24. The van der Waals surface area contributed by atoms with Crippen LogP contribution in [0.4, 0.5) is 5.82 Å². The van der Waals surface area contributed by atoms with Gasteiger partial charge >= 0.3 is 0 Å². The summed E-state index contributed by atoms with van der Waals surface area (Å²) in [6, 6.07) is 10.3. The normalized spacial score (nSPS) is 21.7. The summed E-state index contributed by atoms with van der Waals surface area (Å²) in [5, 5.41) is 5.29. The number of hydrogen-bond acceptors (Lipinski definition) is 5. The predicted molar refractivity (Wildman–Crippen MR) is 88.2 cm³/mol. The first kappa shape index (κ1) is 14.1. The largest absolute Gasteiger partial charge is 0.367 e. The molecule has 0 unspecified atom stereocenters. The lowest BCUT2D eigenvalue weighted by molar-refractivity contribution is -0.0175. The highest BCUT2D eigenvalue weighted by Gasteiger charge is 2.28. The van der Waals surface area contributed by atoms with Crippen LogP contribution in [-0.2, 0) is 11.8 Å². The summed E-state index contributed by atoms with van der Waals surface area (Å²) in [5.74, 6) is 0.930. The Hall–Kier alpha value is -2.47. The second-order valence-electron chi connectivity index (χ2n) is 5.95. The maximum absolute atomic E-state index is 6.14. The van der Waals surface area contributed by atoms with Crippen LogP contribution >= 0.6 is 0 Å². The Morgan fingerprint density at radius 3 is 2.78 bits per heavy atom. The molecule has 3 aromatic rings. The Bertz CT molecular complexity index is 816. The van der Waals surface area contributed by atoms with E-state index in [1.165, 1.54) is 5.56 Å². The molecular weight excluding hydrogens is 290 g/mol. The van der Waals surface area contributed by atoms with Gasteiger partial charge in [-0.1, -0.05) is 30.3 Å². The second-order valence-corrected chi connectivity index (χ2v) is 5.95. The number of aromatic nitrogens is 4. The van der Waals surface area contributed by atoms with E-state index in [-0.39, 0.29) is 12.2 Å². The van der Waals surface area contributed by atoms with Crippen LogP contribution in [-0.4, -0.2) is 38.9 Å². The molecule has 6 nitrogen and oxygen atoms in total. The number of morpholine rings is 1. The molecule has 0 N–H and O–H groups in total. The van der Waals surface area contributed by atoms with Gasteiger partial charge in [0.05, 0.1) is 17.7 Å². The third kappa shape index (κ3) is 2.55. The molecular formula is C17H19N5O. The van der Waals surface area contributed by atoms with Gasteiger partial charge in [0.1, 0.15) is 18.2 Å². The molecule has 118 valence electrons. The van der Waals surface area contributed by atoms with Gasteiger partial charge in [0.25, 0.3) is 0 Å². The summed E-state index contributed by atoms with van der Waals surface area (Å²) in [7, 11) is 1.90. The molecule has 2 aromatic heterocycles. The van der Waals surface area contributed by atoms with Crippen molar-refractivity contribution in [2.24, 2.45) is 7.05 Å². The fourth-order valence-electron chi connectivity index (χ4n) is 3.18. The summed E-state index contributed by atoms with van der Waals surface area (Å²) in [6.07, 6.45) is 3.62. The molecule has 1 aliphatic rings. The smallest absolute Gasteiger partial charge is 0.163 e. The van der Waals surface area contributed by atoms with E-state index in [1.807, 2.05) is 31.4 Å². The van der Waals surface area contributed by atoms with Gasteiger partial charge in [-0.3, -0.25) is 4.68 Å². The monoisotopic (exact) mass is 309 g/mol. The van der Waals surface area contributed by atoms with Gasteiger partial charge in [-0.15, -0.1) is 0 Å². The zero-order valence-corrected chi connectivity index (χ0v) is 13.3. The number of ether oxygens (including phenoxy) is 1. The first-order chi connectivity index (χ1) is 11.2. The van der Waals surface area contributed by atoms with E-state index in [2.05, 4.69) is 39.0 Å². The zero-order chi connectivity index (χ0) is 15.8. The quantitative estimate of drug-likeness (QED) is 0.727. The van der Waals surface area contributed by atoms with E-state index in [4.69, 9.17) is 4.74 Å². The Labute approximate surface area is 134 Å². The highest BCUT2D eigenvalue weighted by molar-refractivity contribution is 5.86. The van der Waals surface area contributed by atoms with Crippen LogP contribution in [0.25, 0.3) is 11.0 Å². The number of hydrogen-bond donors (Lipinski definition) is 0. The molecule has 1 aromatic carbocycles. The first-order valence-corrected chi connectivity index (χ1v) is 7.80. The number of aryl methyl sites for hydroxylation is 1. The fraction of sp³-hybridized carbons (Fsp3) is 0.353. The topological polar surface area (TPSA) is 56.1 Å². The molecule has 2 atom stereocenters. The Morgan fingerprint density at radius 1 is 1.13 bits per heavy atom. The number of rotatable bonds is 2. The van der Waals surface area contributed by atoms with Crippen LogP contribution in [0.2, 0.25) is 0 Å². The van der Waals surface area contributed by atoms with Crippen LogP contribution < -0.4 is 4.90 Å². The van der Waals surface area contributed by atoms with Crippen molar-refractivity contribution >= 4 is 16.9 Å². The van der Waals surface area contributed by atoms with Gasteiger partial charge < -0.3 is 9.64 Å². The lowest BCUT2D eigenvalue weighted by atomic mass is 10.1. The van der Waals surface area contributed by atoms with Crippen LogP contribution in [0.1, 0.15) is 18.6 Å². The van der Waals surface area contributed by atoms with E-state index in [9.17, 15) is 0 Å². The van der Waals surface area contributed by atoms with Crippen molar-refractivity contribution in [3.63, 3.8) is 0 Å². The van der Waals surface area contributed by atoms with E-state index in [1.54, 1.807) is 11.0 Å². The van der Waals surface area contributed by atoms with E-state index < -0.39 is 0 Å². The first-order valence-electron chi connectivity index (χ1n) is 7.80. The molecule has 0 saturated carbocycles. The highest BCUT2D eigenvalue weighted by atomic mass is 16.5. The molecule has 1 fully saturated rings. The molecule has 0 amide bonds. The fourth-order valence-corrected chi connectivity index (χ4v) is 3.18. The van der Waals surface area contributed by atoms with Gasteiger partial charge in [-0.05, 0) is 12.5 Å². The average molecular weight is 309 g/mol. The molecule has 1 saturated heterocycles. The maximum atomic E-state index is 6.14. The summed E-state index contributed by atoms with van der Waals surface area (Å²) >= 11 is 0. The Balaban J connectivity index is 1.70. The number of benzene rings is 1. The molecule has 6 heteroatoms. The van der Waals surface area contributed by atoms with Crippen molar-refractivity contribution in [3.8, 4) is 0 Å². The molecule has 0 spiro atoms. The molecule has 1 aliphatic heterocycles. The number of fused-ring (bicyclic) bond motifs is 1. The van der Waals surface area contributed by atoms with Crippen LogP contribution in [0.3, 0.4) is 0 Å². The lowest BCUT2D eigenvalue weighted by Gasteiger charge is -2.37. The summed E-state index contributed by atoms with van der Waals surface area (Å²) in [5.41, 5.74) is 2.05. The summed E-state index contributed by atoms with van der Waals surface area (Å²) in [6.45, 7) is 3.68. The Kier molecular flexibility index (Phi) is 3.46. The van der Waals surface area contributed by atoms with Gasteiger partial charge in [0, 0.05) is 20.1 Å². The van der Waals surface area contributed by atoms with Crippen molar-refractivity contribution in [1.82, 2.24) is 19.7 Å². The molecule has 23 heavy (non-hydrogen) atoms. The minimum absolute atomic E-state index is 0.0432. The third-order valence-electron chi connectivity index (χ3n) is 4.24. The average Bonchev–Trinajstić information content (AvgIpc) is 2.96. The van der Waals surface area contributed by atoms with Crippen molar-refractivity contribution in [3.05, 3.63) is 48.4 Å². The summed E-state index contributed by atoms with van der Waals surface area (Å²) < 4.78 is 7.91. The summed E-state index contributed by atoms with van der Waals surface area (Å²) in [4.78, 5) is 11.1. The van der Waals surface area contributed by atoms with E-state index in [0.29, 0.717) is 0 Å². The van der Waals surface area contributed by atoms with Gasteiger partial charge in [0.15, 0.2) is 5.65 Å². The zero-order valence-electron chi connectivity index (χ0n) is 13.3. The molecule has 0 aliphatic carbocycles. The Morgan fingerprint density at radius 2 is 1.96 bits per heavy atom. The van der Waals surface area contributed by atoms with Crippen molar-refractivity contribution in [1.29, 1.82) is 0 Å². The van der Waals surface area contributed by atoms with Gasteiger partial charge in [0.2, 0.25) is 0 Å². The van der Waals surface area contributed by atoms with E-state index >= 15 is 0 Å². The van der Waals surface area contributed by atoms with Gasteiger partial charge in [-0.2, -0.15) is 5.10 Å². The van der Waals surface area contributed by atoms with Crippen LogP contribution in [0.15, 0.2) is 42.9 Å². The second kappa shape index (κ2) is 5.62. The maximum Gasteiger partial charge on any atom is 0.163 e. The molecule has 3 heterocycles. The van der Waals surface area contributed by atoms with Crippen LogP contribution in [0.5, 0.6) is 0 Å². The standard InChI is InChI=1S/C17H19N5O/c1-12-9-22(10-15(23-12)13-6-4-3-5-7-13)17-14-8-20-21(2)16(14)18-11-19-17/h3-8,11-12,15H,9-10H2,1-2H3/t12-,15+/m1/s1. The van der Waals surface area contributed by atoms with E-state index in [0.717, 1.165) is 29.9 Å². The number of nitrogens with zero attached hydrogens (tertiary/aromatic N) is 5. The SMILES string of the molecule is C[C@@H]1CN(c2ncnc3c2cnn3C)C[C@@H](c2ccccc2)O1. The van der Waals surface area contributed by atoms with Crippen LogP contribution in [0, 0.1) is 0 Å². The number of anilines is 1. The van der Waals surface area contributed by atoms with Crippen molar-refractivity contribution in [2.75, 3.05) is 18.0 Å². The molecule has 0 radical (unpaired) electrons. The predicted octanol–water partition coefficient (Wildman–Crippen LogP) is 2.33. The van der Waals surface area contributed by atoms with Crippen molar-refractivity contribution in [2.45, 2.75) is 19.1 Å². The lowest BCUT2D eigenvalue weighted by Crippen LogP contribution is -2.43. The molecule has 4 rings (SSSR count). The minimum Gasteiger partial charge on any atom is -0.367 e. The minimum atomic E-state index is 0.0432. The highest BCUT2D eigenvalue weighted by Crippen LogP contribution is 2.30. The van der Waals surface area contributed by atoms with Gasteiger partial charge in [-0.25, -0.2) is 9.97 Å². The molecule has 0 bridgehead atoms. The van der Waals surface area contributed by atoms with Crippen molar-refractivity contribution < 1.29 is 4.74 Å².